The molecule has 3 rings (SSSR count). The fourth-order valence-electron chi connectivity index (χ4n) is 2.31. The number of halogens is 5. The smallest absolute Gasteiger partial charge is 0.200 e. The van der Waals surface area contributed by atoms with E-state index in [-0.39, 0.29) is 11.3 Å². The Balaban J connectivity index is 2.39. The lowest BCUT2D eigenvalue weighted by atomic mass is 10.00. The molecule has 0 saturated heterocycles. The summed E-state index contributed by atoms with van der Waals surface area (Å²) in [6, 6.07) is 8.09. The number of aryl methyl sites for hydroxylation is 1. The van der Waals surface area contributed by atoms with Crippen LogP contribution >= 0.6 is 0 Å². The van der Waals surface area contributed by atoms with E-state index in [1.165, 1.54) is 13.0 Å². The average molecular weight is 309 g/mol. The third kappa shape index (κ3) is 2.03. The summed E-state index contributed by atoms with van der Waals surface area (Å²) in [4.78, 5) is 4.14. The fourth-order valence-corrected chi connectivity index (χ4v) is 2.31. The molecule has 0 radical (unpaired) electrons. The molecule has 0 amide bonds. The van der Waals surface area contributed by atoms with Gasteiger partial charge in [-0.3, -0.25) is 4.98 Å². The first-order valence-electron chi connectivity index (χ1n) is 6.30. The molecule has 0 atom stereocenters. The van der Waals surface area contributed by atoms with Crippen LogP contribution in [0, 0.1) is 36.0 Å². The summed E-state index contributed by atoms with van der Waals surface area (Å²) in [5.41, 5.74) is -0.367. The predicted octanol–water partition coefficient (Wildman–Crippen LogP) is 4.91. The Bertz CT molecular complexity index is 876. The summed E-state index contributed by atoms with van der Waals surface area (Å²) in [6.45, 7) is 1.44. The molecule has 0 aliphatic carbocycles. The normalized spacial score (nSPS) is 11.2. The monoisotopic (exact) mass is 309 g/mol. The number of hydrogen-bond acceptors (Lipinski definition) is 1. The van der Waals surface area contributed by atoms with E-state index < -0.39 is 34.6 Å². The van der Waals surface area contributed by atoms with E-state index in [1.54, 1.807) is 24.3 Å². The molecule has 0 aliphatic rings. The molecule has 0 N–H and O–H groups in total. The number of hydrogen-bond donors (Lipinski definition) is 0. The zero-order valence-corrected chi connectivity index (χ0v) is 11.2. The molecule has 1 heterocycles. The first kappa shape index (κ1) is 14.4. The van der Waals surface area contributed by atoms with Crippen LogP contribution in [-0.2, 0) is 0 Å². The molecule has 0 aliphatic heterocycles. The van der Waals surface area contributed by atoms with Gasteiger partial charge in [0.15, 0.2) is 23.3 Å². The van der Waals surface area contributed by atoms with Gasteiger partial charge in [0.05, 0.1) is 11.1 Å². The van der Waals surface area contributed by atoms with Crippen LogP contribution in [0.25, 0.3) is 22.0 Å². The minimum Gasteiger partial charge on any atom is -0.252 e. The Labute approximate surface area is 122 Å². The average Bonchev–Trinajstić information content (AvgIpc) is 2.51. The van der Waals surface area contributed by atoms with E-state index >= 15 is 0 Å². The van der Waals surface area contributed by atoms with Crippen LogP contribution in [0.1, 0.15) is 5.69 Å². The Morgan fingerprint density at radius 2 is 1.32 bits per heavy atom. The maximum absolute atomic E-state index is 13.9. The van der Waals surface area contributed by atoms with Crippen molar-refractivity contribution >= 4 is 10.9 Å². The van der Waals surface area contributed by atoms with Gasteiger partial charge in [-0.15, -0.1) is 0 Å². The summed E-state index contributed by atoms with van der Waals surface area (Å²) >= 11 is 0. The molecule has 22 heavy (non-hydrogen) atoms. The number of pyridine rings is 1. The quantitative estimate of drug-likeness (QED) is 0.354. The fraction of sp³-hybridized carbons (Fsp3) is 0.0625. The van der Waals surface area contributed by atoms with Crippen molar-refractivity contribution in [3.8, 4) is 11.1 Å². The first-order chi connectivity index (χ1) is 10.4. The van der Waals surface area contributed by atoms with Crippen LogP contribution in [0.2, 0.25) is 0 Å². The molecule has 1 nitrogen and oxygen atoms in total. The minimum atomic E-state index is -2.18. The van der Waals surface area contributed by atoms with Crippen molar-refractivity contribution in [2.75, 3.05) is 0 Å². The van der Waals surface area contributed by atoms with Crippen LogP contribution in [0.5, 0.6) is 0 Å². The van der Waals surface area contributed by atoms with Crippen molar-refractivity contribution in [1.29, 1.82) is 0 Å². The molecule has 0 unspecified atom stereocenters. The van der Waals surface area contributed by atoms with E-state index in [0.29, 0.717) is 10.9 Å². The number of fused-ring (bicyclic) bond motifs is 1. The first-order valence-corrected chi connectivity index (χ1v) is 6.30. The summed E-state index contributed by atoms with van der Waals surface area (Å²) < 4.78 is 67.7. The summed E-state index contributed by atoms with van der Waals surface area (Å²) in [5, 5.41) is 0.534. The van der Waals surface area contributed by atoms with Crippen molar-refractivity contribution in [3.63, 3.8) is 0 Å². The van der Waals surface area contributed by atoms with Gasteiger partial charge in [-0.25, -0.2) is 22.0 Å². The summed E-state index contributed by atoms with van der Waals surface area (Å²) in [5.74, 6) is -9.85. The maximum atomic E-state index is 13.9. The van der Waals surface area contributed by atoms with Gasteiger partial charge in [-0.1, -0.05) is 18.2 Å². The Morgan fingerprint density at radius 3 is 1.95 bits per heavy atom. The number of para-hydroxylation sites is 1. The lowest BCUT2D eigenvalue weighted by Crippen LogP contribution is -2.05. The zero-order chi connectivity index (χ0) is 16.0. The van der Waals surface area contributed by atoms with E-state index in [1.807, 2.05) is 0 Å². The van der Waals surface area contributed by atoms with E-state index in [0.717, 1.165) is 0 Å². The van der Waals surface area contributed by atoms with Crippen molar-refractivity contribution in [3.05, 3.63) is 65.1 Å². The van der Waals surface area contributed by atoms with Gasteiger partial charge >= 0.3 is 0 Å². The van der Waals surface area contributed by atoms with Crippen LogP contribution in [0.3, 0.4) is 0 Å². The van der Waals surface area contributed by atoms with Crippen molar-refractivity contribution in [1.82, 2.24) is 4.98 Å². The van der Waals surface area contributed by atoms with Gasteiger partial charge in [-0.05, 0) is 19.1 Å². The van der Waals surface area contributed by atoms with Crippen molar-refractivity contribution in [2.45, 2.75) is 6.92 Å². The molecule has 2 aromatic carbocycles. The topological polar surface area (TPSA) is 12.9 Å². The predicted molar refractivity (Wildman–Crippen MR) is 71.7 cm³/mol. The Hall–Kier alpha value is -2.50. The van der Waals surface area contributed by atoms with Gasteiger partial charge < -0.3 is 0 Å². The third-order valence-corrected chi connectivity index (χ3v) is 3.39. The summed E-state index contributed by atoms with van der Waals surface area (Å²) in [7, 11) is 0. The molecular formula is C16H8F5N. The lowest BCUT2D eigenvalue weighted by Gasteiger charge is -2.11. The van der Waals surface area contributed by atoms with Crippen LogP contribution in [0.15, 0.2) is 30.3 Å². The second-order valence-electron chi connectivity index (χ2n) is 4.76. The Kier molecular flexibility index (Phi) is 3.31. The van der Waals surface area contributed by atoms with E-state index in [2.05, 4.69) is 4.98 Å². The molecule has 3 aromatic rings. The number of rotatable bonds is 1. The molecule has 112 valence electrons. The number of aromatic nitrogens is 1. The second-order valence-corrected chi connectivity index (χ2v) is 4.76. The van der Waals surface area contributed by atoms with Crippen molar-refractivity contribution < 1.29 is 22.0 Å². The standard InChI is InChI=1S/C16H8F5N/c1-7-9(6-8-4-2-3-5-10(8)22-7)11-12(17)14(19)16(21)15(20)13(11)18/h2-6H,1H3. The number of nitrogens with zero attached hydrogens (tertiary/aromatic N) is 1. The van der Waals surface area contributed by atoms with Gasteiger partial charge in [0, 0.05) is 16.6 Å². The van der Waals surface area contributed by atoms with E-state index in [4.69, 9.17) is 0 Å². The maximum Gasteiger partial charge on any atom is 0.200 e. The highest BCUT2D eigenvalue weighted by atomic mass is 19.2. The second kappa shape index (κ2) is 5.05. The highest BCUT2D eigenvalue weighted by Gasteiger charge is 2.27. The molecule has 0 spiro atoms. The zero-order valence-electron chi connectivity index (χ0n) is 11.2. The molecule has 0 fully saturated rings. The number of benzene rings is 2. The van der Waals surface area contributed by atoms with Gasteiger partial charge in [0.2, 0.25) is 5.82 Å². The largest absolute Gasteiger partial charge is 0.252 e. The lowest BCUT2D eigenvalue weighted by molar-refractivity contribution is 0.381. The van der Waals surface area contributed by atoms with Gasteiger partial charge in [0.25, 0.3) is 0 Å². The SMILES string of the molecule is Cc1nc2ccccc2cc1-c1c(F)c(F)c(F)c(F)c1F. The highest BCUT2D eigenvalue weighted by Crippen LogP contribution is 2.34. The molecule has 0 bridgehead atoms. The van der Waals surface area contributed by atoms with Gasteiger partial charge in [-0.2, -0.15) is 0 Å². The van der Waals surface area contributed by atoms with Crippen LogP contribution in [-0.4, -0.2) is 4.98 Å². The Morgan fingerprint density at radius 1 is 0.773 bits per heavy atom. The molecular weight excluding hydrogens is 301 g/mol. The van der Waals surface area contributed by atoms with Gasteiger partial charge in [0.1, 0.15) is 0 Å². The minimum absolute atomic E-state index is 0.133. The van der Waals surface area contributed by atoms with E-state index in [9.17, 15) is 22.0 Å². The highest BCUT2D eigenvalue weighted by molar-refractivity contribution is 5.85. The van der Waals surface area contributed by atoms with Crippen LogP contribution in [0.4, 0.5) is 22.0 Å². The van der Waals surface area contributed by atoms with Crippen LogP contribution < -0.4 is 0 Å². The molecule has 6 heteroatoms. The summed E-state index contributed by atoms with van der Waals surface area (Å²) in [6.07, 6.45) is 0. The van der Waals surface area contributed by atoms with Crippen molar-refractivity contribution in [2.24, 2.45) is 0 Å². The third-order valence-electron chi connectivity index (χ3n) is 3.39. The molecule has 0 saturated carbocycles. The molecule has 1 aromatic heterocycles.